The number of hydrogen-bond donors (Lipinski definition) is 2. The molecule has 0 bridgehead atoms. The predicted octanol–water partition coefficient (Wildman–Crippen LogP) is 4.72. The van der Waals surface area contributed by atoms with Crippen LogP contribution in [-0.2, 0) is 4.79 Å². The Bertz CT molecular complexity index is 1100. The molecule has 9 nitrogen and oxygen atoms in total. The Labute approximate surface area is 206 Å². The maximum Gasteiger partial charge on any atom is 0.257 e. The Morgan fingerprint density at radius 3 is 2.29 bits per heavy atom. The van der Waals surface area contributed by atoms with E-state index in [4.69, 9.17) is 14.2 Å². The van der Waals surface area contributed by atoms with Crippen molar-refractivity contribution in [2.24, 2.45) is 0 Å². The minimum atomic E-state index is -0.343. The molecule has 1 aromatic heterocycles. The zero-order valence-electron chi connectivity index (χ0n) is 19.1. The van der Waals surface area contributed by atoms with E-state index >= 15 is 0 Å². The number of anilines is 2. The first-order valence-electron chi connectivity index (χ1n) is 10.7. The summed E-state index contributed by atoms with van der Waals surface area (Å²) in [7, 11) is 0. The second kappa shape index (κ2) is 12.8. The molecule has 2 N–H and O–H groups in total. The van der Waals surface area contributed by atoms with Crippen LogP contribution in [0, 0.1) is 0 Å². The number of rotatable bonds is 12. The summed E-state index contributed by atoms with van der Waals surface area (Å²) < 4.78 is 17.1. The number of ether oxygens (including phenoxy) is 3. The number of benzene rings is 2. The molecule has 0 atom stereocenters. The summed E-state index contributed by atoms with van der Waals surface area (Å²) in [4.78, 5) is 24.9. The smallest absolute Gasteiger partial charge is 0.257 e. The largest absolute Gasteiger partial charge is 0.494 e. The fraction of sp³-hybridized carbons (Fsp3) is 0.304. The van der Waals surface area contributed by atoms with Gasteiger partial charge in [-0.25, -0.2) is 0 Å². The molecule has 34 heavy (non-hydrogen) atoms. The maximum atomic E-state index is 12.6. The van der Waals surface area contributed by atoms with Crippen LogP contribution < -0.4 is 24.8 Å². The molecule has 0 radical (unpaired) electrons. The Hall–Kier alpha value is -3.31. The van der Waals surface area contributed by atoms with Crippen LogP contribution in [0.15, 0.2) is 46.8 Å². The van der Waals surface area contributed by atoms with E-state index in [-0.39, 0.29) is 17.6 Å². The average Bonchev–Trinajstić information content (AvgIpc) is 3.28. The summed E-state index contributed by atoms with van der Waals surface area (Å²) in [5, 5.41) is 13.9. The predicted molar refractivity (Wildman–Crippen MR) is 134 cm³/mol. The van der Waals surface area contributed by atoms with Crippen LogP contribution in [0.3, 0.4) is 0 Å². The van der Waals surface area contributed by atoms with E-state index in [2.05, 4.69) is 20.8 Å². The van der Waals surface area contributed by atoms with E-state index in [0.29, 0.717) is 52.0 Å². The molecule has 0 unspecified atom stereocenters. The lowest BCUT2D eigenvalue weighted by Crippen LogP contribution is -2.13. The average molecular weight is 503 g/mol. The molecule has 1 heterocycles. The summed E-state index contributed by atoms with van der Waals surface area (Å²) in [5.74, 6) is 1.48. The molecule has 0 saturated carbocycles. The van der Waals surface area contributed by atoms with Crippen LogP contribution in [0.4, 0.5) is 10.8 Å². The molecule has 11 heteroatoms. The van der Waals surface area contributed by atoms with Crippen LogP contribution >= 0.6 is 23.1 Å². The van der Waals surface area contributed by atoms with E-state index < -0.39 is 0 Å². The molecule has 2 amide bonds. The number of thioether (sulfide) groups is 1. The minimum Gasteiger partial charge on any atom is -0.494 e. The highest BCUT2D eigenvalue weighted by atomic mass is 32.2. The first-order chi connectivity index (χ1) is 16.5. The molecule has 2 aromatic carbocycles. The Balaban J connectivity index is 1.52. The van der Waals surface area contributed by atoms with E-state index in [0.717, 1.165) is 5.75 Å². The van der Waals surface area contributed by atoms with Crippen molar-refractivity contribution >= 4 is 45.7 Å². The summed E-state index contributed by atoms with van der Waals surface area (Å²) in [6.45, 7) is 7.19. The van der Waals surface area contributed by atoms with Crippen molar-refractivity contribution in [2.75, 3.05) is 36.2 Å². The highest BCUT2D eigenvalue weighted by Gasteiger charge is 2.15. The van der Waals surface area contributed by atoms with Crippen LogP contribution in [0.1, 0.15) is 31.1 Å². The van der Waals surface area contributed by atoms with E-state index in [9.17, 15) is 9.59 Å². The third-order valence-corrected chi connectivity index (χ3v) is 6.18. The molecule has 0 aliphatic heterocycles. The number of carbonyl (C=O) groups excluding carboxylic acids is 2. The third kappa shape index (κ3) is 7.35. The lowest BCUT2D eigenvalue weighted by Gasteiger charge is -2.12. The summed E-state index contributed by atoms with van der Waals surface area (Å²) >= 11 is 2.43. The van der Waals surface area contributed by atoms with Crippen molar-refractivity contribution in [3.63, 3.8) is 0 Å². The van der Waals surface area contributed by atoms with Gasteiger partial charge in [0, 0.05) is 11.3 Å². The monoisotopic (exact) mass is 502 g/mol. The number of nitrogens with one attached hydrogen (secondary N) is 2. The standard InChI is InChI=1S/C23H26N4O5S2/c1-4-30-17-10-8-16(9-11-17)24-20(28)14-33-23-27-26-22(34-23)25-21(29)15-7-12-18(31-5-2)19(13-15)32-6-3/h7-13H,4-6,14H2,1-3H3,(H,24,28)(H,25,26,29). The van der Waals surface area contributed by atoms with Crippen molar-refractivity contribution in [3.05, 3.63) is 48.0 Å². The fourth-order valence-electron chi connectivity index (χ4n) is 2.81. The topological polar surface area (TPSA) is 112 Å². The van der Waals surface area contributed by atoms with Gasteiger partial charge in [-0.1, -0.05) is 23.1 Å². The van der Waals surface area contributed by atoms with Crippen molar-refractivity contribution in [1.82, 2.24) is 10.2 Å². The quantitative estimate of drug-likeness (QED) is 0.270. The van der Waals surface area contributed by atoms with Gasteiger partial charge in [-0.3, -0.25) is 14.9 Å². The van der Waals surface area contributed by atoms with Gasteiger partial charge in [-0.15, -0.1) is 10.2 Å². The van der Waals surface area contributed by atoms with E-state index in [1.807, 2.05) is 20.8 Å². The third-order valence-electron chi connectivity index (χ3n) is 4.21. The second-order valence-electron chi connectivity index (χ2n) is 6.65. The number of carbonyl (C=O) groups is 2. The number of nitrogens with zero attached hydrogens (tertiary/aromatic N) is 2. The van der Waals surface area contributed by atoms with Gasteiger partial charge in [0.15, 0.2) is 15.8 Å². The van der Waals surface area contributed by atoms with Crippen LogP contribution in [0.5, 0.6) is 17.2 Å². The molecular formula is C23H26N4O5S2. The highest BCUT2D eigenvalue weighted by Crippen LogP contribution is 2.30. The molecule has 0 aliphatic carbocycles. The fourth-order valence-corrected chi connectivity index (χ4v) is 4.35. The Morgan fingerprint density at radius 1 is 0.882 bits per heavy atom. The lowest BCUT2D eigenvalue weighted by atomic mass is 10.2. The lowest BCUT2D eigenvalue weighted by molar-refractivity contribution is -0.113. The van der Waals surface area contributed by atoms with Crippen LogP contribution in [0.2, 0.25) is 0 Å². The first-order valence-corrected chi connectivity index (χ1v) is 12.5. The zero-order valence-corrected chi connectivity index (χ0v) is 20.8. The SMILES string of the molecule is CCOc1ccc(NC(=O)CSc2nnc(NC(=O)c3ccc(OCC)c(OCC)c3)s2)cc1. The van der Waals surface area contributed by atoms with Gasteiger partial charge in [0.05, 0.1) is 25.6 Å². The highest BCUT2D eigenvalue weighted by molar-refractivity contribution is 8.01. The Kier molecular flexibility index (Phi) is 9.53. The maximum absolute atomic E-state index is 12.6. The molecule has 3 rings (SSSR count). The van der Waals surface area contributed by atoms with Gasteiger partial charge in [0.2, 0.25) is 11.0 Å². The summed E-state index contributed by atoms with van der Waals surface area (Å²) in [6, 6.07) is 12.2. The molecule has 3 aromatic rings. The molecule has 0 fully saturated rings. The van der Waals surface area contributed by atoms with E-state index in [1.54, 1.807) is 42.5 Å². The second-order valence-corrected chi connectivity index (χ2v) is 8.85. The van der Waals surface area contributed by atoms with Gasteiger partial charge in [-0.2, -0.15) is 0 Å². The van der Waals surface area contributed by atoms with Crippen LogP contribution in [0.25, 0.3) is 0 Å². The van der Waals surface area contributed by atoms with Gasteiger partial charge in [-0.05, 0) is 63.2 Å². The van der Waals surface area contributed by atoms with Crippen molar-refractivity contribution in [2.45, 2.75) is 25.1 Å². The van der Waals surface area contributed by atoms with Crippen molar-refractivity contribution in [1.29, 1.82) is 0 Å². The molecular weight excluding hydrogens is 476 g/mol. The van der Waals surface area contributed by atoms with E-state index in [1.165, 1.54) is 23.1 Å². The van der Waals surface area contributed by atoms with Crippen molar-refractivity contribution in [3.8, 4) is 17.2 Å². The summed E-state index contributed by atoms with van der Waals surface area (Å²) in [5.41, 5.74) is 1.09. The number of amides is 2. The summed E-state index contributed by atoms with van der Waals surface area (Å²) in [6.07, 6.45) is 0. The Morgan fingerprint density at radius 2 is 1.59 bits per heavy atom. The minimum absolute atomic E-state index is 0.159. The number of aromatic nitrogens is 2. The van der Waals surface area contributed by atoms with Gasteiger partial charge in [0.25, 0.3) is 5.91 Å². The molecule has 180 valence electrons. The van der Waals surface area contributed by atoms with Gasteiger partial charge < -0.3 is 19.5 Å². The van der Waals surface area contributed by atoms with Crippen molar-refractivity contribution < 1.29 is 23.8 Å². The molecule has 0 spiro atoms. The zero-order chi connectivity index (χ0) is 24.3. The molecule has 0 aliphatic rings. The normalized spacial score (nSPS) is 10.4. The number of hydrogen-bond acceptors (Lipinski definition) is 9. The molecule has 0 saturated heterocycles. The van der Waals surface area contributed by atoms with Gasteiger partial charge >= 0.3 is 0 Å². The van der Waals surface area contributed by atoms with Crippen LogP contribution in [-0.4, -0.2) is 47.6 Å². The first kappa shape index (κ1) is 25.3. The van der Waals surface area contributed by atoms with Gasteiger partial charge in [0.1, 0.15) is 5.75 Å².